The molecule has 108 valence electrons. The molecule has 0 atom stereocenters. The molecule has 0 radical (unpaired) electrons. The molecule has 0 bridgehead atoms. The van der Waals surface area contributed by atoms with E-state index in [-0.39, 0.29) is 18.9 Å². The lowest BCUT2D eigenvalue weighted by atomic mass is 10.1. The average Bonchev–Trinajstić information content (AvgIpc) is 2.40. The van der Waals surface area contributed by atoms with Gasteiger partial charge >= 0.3 is 5.97 Å². The van der Waals surface area contributed by atoms with Crippen LogP contribution < -0.4 is 0 Å². The van der Waals surface area contributed by atoms with Gasteiger partial charge in [-0.2, -0.15) is 0 Å². The maximum Gasteiger partial charge on any atom is 0.305 e. The van der Waals surface area contributed by atoms with Crippen molar-refractivity contribution in [2.24, 2.45) is 0 Å². The van der Waals surface area contributed by atoms with E-state index in [1.807, 2.05) is 26.0 Å². The first-order valence-corrected chi connectivity index (χ1v) is 6.76. The summed E-state index contributed by atoms with van der Waals surface area (Å²) in [6.07, 6.45) is 3.06. The van der Waals surface area contributed by atoms with Gasteiger partial charge in [0.15, 0.2) is 0 Å². The molecule has 1 aromatic rings. The topological polar surface area (TPSA) is 57.6 Å². The summed E-state index contributed by atoms with van der Waals surface area (Å²) in [5.41, 5.74) is 1.81. The summed E-state index contributed by atoms with van der Waals surface area (Å²) in [5, 5.41) is 9.28. The number of likely N-dealkylation sites (N-methyl/N-ethyl adjacent to an activating group) is 1. The lowest BCUT2D eigenvalue weighted by molar-refractivity contribution is -0.137. The fraction of sp³-hybridized carbons (Fsp3) is 0.333. The Kier molecular flexibility index (Phi) is 6.25. The fourth-order valence-electron chi connectivity index (χ4n) is 1.64. The number of aryl methyl sites for hydroxylation is 1. The minimum atomic E-state index is -0.912. The van der Waals surface area contributed by atoms with E-state index in [1.54, 1.807) is 12.1 Å². The Bertz CT molecular complexity index is 526. The molecule has 0 aliphatic heterocycles. The number of halogens is 1. The maximum absolute atomic E-state index is 11.9. The van der Waals surface area contributed by atoms with Crippen molar-refractivity contribution >= 4 is 29.6 Å². The van der Waals surface area contributed by atoms with Gasteiger partial charge < -0.3 is 10.0 Å². The second-order valence-electron chi connectivity index (χ2n) is 4.40. The second-order valence-corrected chi connectivity index (χ2v) is 4.81. The van der Waals surface area contributed by atoms with Crippen LogP contribution in [0.25, 0.3) is 6.08 Å². The molecule has 5 heteroatoms. The molecule has 4 nitrogen and oxygen atoms in total. The number of benzene rings is 1. The molecular weight excluding hydrogens is 278 g/mol. The molecule has 0 aliphatic rings. The highest BCUT2D eigenvalue weighted by atomic mass is 35.5. The van der Waals surface area contributed by atoms with Gasteiger partial charge in [-0.15, -0.1) is 0 Å². The van der Waals surface area contributed by atoms with E-state index in [9.17, 15) is 9.59 Å². The van der Waals surface area contributed by atoms with Gasteiger partial charge in [0.05, 0.1) is 6.42 Å². The number of hydrogen-bond acceptors (Lipinski definition) is 2. The van der Waals surface area contributed by atoms with Gasteiger partial charge in [0.1, 0.15) is 0 Å². The highest BCUT2D eigenvalue weighted by Crippen LogP contribution is 2.17. The van der Waals surface area contributed by atoms with Crippen molar-refractivity contribution in [3.63, 3.8) is 0 Å². The Hall–Kier alpha value is -1.81. The molecule has 0 unspecified atom stereocenters. The van der Waals surface area contributed by atoms with Crippen molar-refractivity contribution < 1.29 is 14.7 Å². The zero-order valence-electron chi connectivity index (χ0n) is 11.6. The summed E-state index contributed by atoms with van der Waals surface area (Å²) in [7, 11) is 0. The van der Waals surface area contributed by atoms with Crippen LogP contribution in [0.4, 0.5) is 0 Å². The minimum absolute atomic E-state index is 0.0518. The molecular formula is C15H18ClNO3. The van der Waals surface area contributed by atoms with Gasteiger partial charge in [0.25, 0.3) is 0 Å². The quantitative estimate of drug-likeness (QED) is 0.821. The first-order valence-electron chi connectivity index (χ1n) is 6.39. The van der Waals surface area contributed by atoms with Crippen LogP contribution >= 0.6 is 11.6 Å². The third-order valence-electron chi connectivity index (χ3n) is 2.90. The molecule has 0 saturated carbocycles. The SMILES string of the molecule is CCN(CCC(=O)O)C(=O)/C=C/c1ccc(C)c(Cl)c1. The normalized spacial score (nSPS) is 10.8. The van der Waals surface area contributed by atoms with Crippen LogP contribution in [0.1, 0.15) is 24.5 Å². The van der Waals surface area contributed by atoms with E-state index >= 15 is 0 Å². The maximum atomic E-state index is 11.9. The fourth-order valence-corrected chi connectivity index (χ4v) is 1.83. The van der Waals surface area contributed by atoms with E-state index in [2.05, 4.69) is 0 Å². The summed E-state index contributed by atoms with van der Waals surface area (Å²) in [6.45, 7) is 4.41. The lowest BCUT2D eigenvalue weighted by Gasteiger charge is -2.17. The third kappa shape index (κ3) is 5.05. The van der Waals surface area contributed by atoms with E-state index in [4.69, 9.17) is 16.7 Å². The lowest BCUT2D eigenvalue weighted by Crippen LogP contribution is -2.31. The Morgan fingerprint density at radius 2 is 2.10 bits per heavy atom. The Morgan fingerprint density at radius 1 is 1.40 bits per heavy atom. The molecule has 0 aliphatic carbocycles. The second kappa shape index (κ2) is 7.70. The Labute approximate surface area is 123 Å². The number of carbonyl (C=O) groups is 2. The highest BCUT2D eigenvalue weighted by Gasteiger charge is 2.09. The zero-order valence-corrected chi connectivity index (χ0v) is 12.4. The smallest absolute Gasteiger partial charge is 0.305 e. The van der Waals surface area contributed by atoms with Crippen LogP contribution in [0, 0.1) is 6.92 Å². The van der Waals surface area contributed by atoms with Crippen molar-refractivity contribution in [1.82, 2.24) is 4.90 Å². The third-order valence-corrected chi connectivity index (χ3v) is 3.31. The standard InChI is InChI=1S/C15H18ClNO3/c1-3-17(9-8-15(19)20)14(18)7-6-12-5-4-11(2)13(16)10-12/h4-7,10H,3,8-9H2,1-2H3,(H,19,20)/b7-6+. The zero-order chi connectivity index (χ0) is 15.1. The largest absolute Gasteiger partial charge is 0.481 e. The van der Waals surface area contributed by atoms with Crippen LogP contribution in [0.15, 0.2) is 24.3 Å². The van der Waals surface area contributed by atoms with Crippen molar-refractivity contribution in [1.29, 1.82) is 0 Å². The van der Waals surface area contributed by atoms with E-state index in [1.165, 1.54) is 11.0 Å². The van der Waals surface area contributed by atoms with Gasteiger partial charge in [-0.25, -0.2) is 0 Å². The number of aliphatic carboxylic acids is 1. The monoisotopic (exact) mass is 295 g/mol. The number of carboxylic acid groups (broad SMARTS) is 1. The van der Waals surface area contributed by atoms with E-state index < -0.39 is 5.97 Å². The number of rotatable bonds is 6. The van der Waals surface area contributed by atoms with Crippen LogP contribution in [0.5, 0.6) is 0 Å². The molecule has 0 fully saturated rings. The van der Waals surface area contributed by atoms with Crippen LogP contribution in [-0.4, -0.2) is 35.0 Å². The molecule has 0 spiro atoms. The van der Waals surface area contributed by atoms with Crippen molar-refractivity contribution in [2.75, 3.05) is 13.1 Å². The van der Waals surface area contributed by atoms with Crippen molar-refractivity contribution in [3.8, 4) is 0 Å². The predicted molar refractivity (Wildman–Crippen MR) is 79.7 cm³/mol. The molecule has 20 heavy (non-hydrogen) atoms. The van der Waals surface area contributed by atoms with Crippen LogP contribution in [0.3, 0.4) is 0 Å². The summed E-state index contributed by atoms with van der Waals surface area (Å²) in [4.78, 5) is 23.9. The van der Waals surface area contributed by atoms with E-state index in [0.717, 1.165) is 11.1 Å². The van der Waals surface area contributed by atoms with Gasteiger partial charge in [0, 0.05) is 24.2 Å². The minimum Gasteiger partial charge on any atom is -0.481 e. The Balaban J connectivity index is 2.69. The van der Waals surface area contributed by atoms with Gasteiger partial charge in [-0.05, 0) is 37.1 Å². The number of amides is 1. The molecule has 0 heterocycles. The Morgan fingerprint density at radius 3 is 2.65 bits per heavy atom. The highest BCUT2D eigenvalue weighted by molar-refractivity contribution is 6.31. The summed E-state index contributed by atoms with van der Waals surface area (Å²) >= 11 is 6.01. The predicted octanol–water partition coefficient (Wildman–Crippen LogP) is 2.98. The summed E-state index contributed by atoms with van der Waals surface area (Å²) < 4.78 is 0. The number of carboxylic acids is 1. The van der Waals surface area contributed by atoms with Crippen LogP contribution in [-0.2, 0) is 9.59 Å². The molecule has 1 amide bonds. The van der Waals surface area contributed by atoms with Gasteiger partial charge in [0.2, 0.25) is 5.91 Å². The summed E-state index contributed by atoms with van der Waals surface area (Å²) in [6, 6.07) is 5.54. The molecule has 0 saturated heterocycles. The van der Waals surface area contributed by atoms with Crippen molar-refractivity contribution in [2.45, 2.75) is 20.3 Å². The van der Waals surface area contributed by atoms with Crippen molar-refractivity contribution in [3.05, 3.63) is 40.4 Å². The van der Waals surface area contributed by atoms with Gasteiger partial charge in [-0.1, -0.05) is 23.7 Å². The summed E-state index contributed by atoms with van der Waals surface area (Å²) in [5.74, 6) is -1.11. The molecule has 1 N–H and O–H groups in total. The first-order chi connectivity index (χ1) is 9.43. The first kappa shape index (κ1) is 16.2. The van der Waals surface area contributed by atoms with E-state index in [0.29, 0.717) is 11.6 Å². The number of hydrogen-bond donors (Lipinski definition) is 1. The number of carbonyl (C=O) groups excluding carboxylic acids is 1. The average molecular weight is 296 g/mol. The molecule has 0 aromatic heterocycles. The number of nitrogens with zero attached hydrogens (tertiary/aromatic N) is 1. The van der Waals surface area contributed by atoms with Gasteiger partial charge in [-0.3, -0.25) is 9.59 Å². The molecule has 1 aromatic carbocycles. The molecule has 1 rings (SSSR count). The van der Waals surface area contributed by atoms with Crippen LogP contribution in [0.2, 0.25) is 5.02 Å².